The number of carbonyl (C=O) groups is 3. The van der Waals surface area contributed by atoms with Gasteiger partial charge in [-0.2, -0.15) is 0 Å². The molecule has 34 heavy (non-hydrogen) atoms. The highest BCUT2D eigenvalue weighted by Gasteiger charge is 2.33. The number of nitrogens with one attached hydrogen (secondary N) is 1. The lowest BCUT2D eigenvalue weighted by molar-refractivity contribution is -0.129. The van der Waals surface area contributed by atoms with E-state index in [1.165, 1.54) is 55.5 Å². The highest BCUT2D eigenvalue weighted by molar-refractivity contribution is 6.14. The average molecular weight is 456 g/mol. The van der Waals surface area contributed by atoms with Crippen molar-refractivity contribution >= 4 is 29.6 Å². The Labute approximate surface area is 197 Å². The number of rotatable bonds is 9. The van der Waals surface area contributed by atoms with Crippen LogP contribution in [0.2, 0.25) is 0 Å². The molecule has 0 fully saturated rings. The molecule has 1 amide bonds. The quantitative estimate of drug-likeness (QED) is 0.327. The van der Waals surface area contributed by atoms with E-state index in [4.69, 9.17) is 0 Å². The molecule has 0 radical (unpaired) electrons. The Bertz CT molecular complexity index is 1160. The van der Waals surface area contributed by atoms with E-state index in [1.54, 1.807) is 54.6 Å². The summed E-state index contributed by atoms with van der Waals surface area (Å²) in [5.41, 5.74) is 1.79. The van der Waals surface area contributed by atoms with Gasteiger partial charge in [-0.15, -0.1) is 0 Å². The molecule has 1 atom stereocenters. The molecular weight excluding hydrogens is 430 g/mol. The van der Waals surface area contributed by atoms with E-state index in [9.17, 15) is 24.6 Å². The van der Waals surface area contributed by atoms with Gasteiger partial charge in [0.25, 0.3) is 0 Å². The Morgan fingerprint density at radius 3 is 1.68 bits per heavy atom. The van der Waals surface area contributed by atoms with Crippen LogP contribution in [0.5, 0.6) is 11.5 Å². The molecule has 0 bridgehead atoms. The lowest BCUT2D eigenvalue weighted by atomic mass is 9.85. The molecule has 0 aromatic heterocycles. The maximum absolute atomic E-state index is 13.3. The Balaban J connectivity index is 1.98. The van der Waals surface area contributed by atoms with Gasteiger partial charge in [-0.05, 0) is 53.1 Å². The molecular formula is C28H25NO5. The van der Waals surface area contributed by atoms with E-state index in [-0.39, 0.29) is 17.4 Å². The molecule has 0 spiro atoms. The molecule has 6 nitrogen and oxygen atoms in total. The van der Waals surface area contributed by atoms with Crippen LogP contribution < -0.4 is 5.32 Å². The maximum Gasteiger partial charge on any atom is 0.217 e. The molecule has 1 unspecified atom stereocenters. The number of aromatic hydroxyl groups is 2. The molecule has 0 saturated heterocycles. The van der Waals surface area contributed by atoms with Gasteiger partial charge in [0.15, 0.2) is 11.6 Å². The summed E-state index contributed by atoms with van der Waals surface area (Å²) < 4.78 is 0. The van der Waals surface area contributed by atoms with E-state index >= 15 is 0 Å². The van der Waals surface area contributed by atoms with Gasteiger partial charge in [-0.1, -0.05) is 66.7 Å². The Kier molecular flexibility index (Phi) is 8.13. The second-order valence-corrected chi connectivity index (χ2v) is 7.73. The minimum Gasteiger partial charge on any atom is -0.508 e. The predicted molar refractivity (Wildman–Crippen MR) is 131 cm³/mol. The fraction of sp³-hybridized carbons (Fsp3) is 0.107. The SMILES string of the molecule is CC(=O)NC(c1ccccc1)C(C(=O)C=Cc1cccc(O)c1)C(=O)C=Cc1cccc(O)c1. The smallest absolute Gasteiger partial charge is 0.217 e. The van der Waals surface area contributed by atoms with Gasteiger partial charge < -0.3 is 15.5 Å². The Morgan fingerprint density at radius 2 is 1.24 bits per heavy atom. The number of hydrogen-bond donors (Lipinski definition) is 3. The van der Waals surface area contributed by atoms with Crippen molar-refractivity contribution in [1.29, 1.82) is 0 Å². The third-order valence-electron chi connectivity index (χ3n) is 5.08. The average Bonchev–Trinajstić information content (AvgIpc) is 2.81. The van der Waals surface area contributed by atoms with E-state index in [1.807, 2.05) is 0 Å². The van der Waals surface area contributed by atoms with Crippen LogP contribution in [0.15, 0.2) is 91.0 Å². The minimum absolute atomic E-state index is 0.0525. The second kappa shape index (κ2) is 11.4. The van der Waals surface area contributed by atoms with E-state index < -0.39 is 23.5 Å². The minimum atomic E-state index is -1.23. The first kappa shape index (κ1) is 24.2. The first-order valence-electron chi connectivity index (χ1n) is 10.7. The van der Waals surface area contributed by atoms with Crippen LogP contribution in [0.25, 0.3) is 12.2 Å². The molecule has 3 N–H and O–H groups in total. The summed E-state index contributed by atoms with van der Waals surface area (Å²) in [6.45, 7) is 1.33. The van der Waals surface area contributed by atoms with Crippen molar-refractivity contribution in [3.05, 3.63) is 108 Å². The van der Waals surface area contributed by atoms with Crippen LogP contribution in [-0.4, -0.2) is 27.7 Å². The standard InChI is InChI=1S/C28H25NO5/c1-19(30)29-28(22-9-3-2-4-10-22)27(25(33)15-13-20-7-5-11-23(31)17-20)26(34)16-14-21-8-6-12-24(32)18-21/h2-18,27-28,31-32H,1H3,(H,29,30). The Morgan fingerprint density at radius 1 is 0.735 bits per heavy atom. The number of allylic oxidation sites excluding steroid dienone is 2. The van der Waals surface area contributed by atoms with Crippen molar-refractivity contribution in [3.63, 3.8) is 0 Å². The summed E-state index contributed by atoms with van der Waals surface area (Å²) in [5, 5.41) is 22.1. The summed E-state index contributed by atoms with van der Waals surface area (Å²) in [4.78, 5) is 38.6. The number of carbonyl (C=O) groups excluding carboxylic acids is 3. The molecule has 0 aliphatic heterocycles. The number of phenols is 2. The third kappa shape index (κ3) is 6.77. The first-order valence-corrected chi connectivity index (χ1v) is 10.7. The molecule has 3 rings (SSSR count). The van der Waals surface area contributed by atoms with E-state index in [0.29, 0.717) is 16.7 Å². The van der Waals surface area contributed by atoms with Crippen LogP contribution in [0.3, 0.4) is 0 Å². The topological polar surface area (TPSA) is 104 Å². The summed E-state index contributed by atoms with van der Waals surface area (Å²) in [6, 6.07) is 20.7. The number of amides is 1. The van der Waals surface area contributed by atoms with Gasteiger partial charge in [0.2, 0.25) is 5.91 Å². The van der Waals surface area contributed by atoms with Crippen LogP contribution >= 0.6 is 0 Å². The molecule has 0 heterocycles. The van der Waals surface area contributed by atoms with Crippen molar-refractivity contribution in [2.75, 3.05) is 0 Å². The van der Waals surface area contributed by atoms with Crippen LogP contribution in [0.1, 0.15) is 29.7 Å². The summed E-state index contributed by atoms with van der Waals surface area (Å²) in [7, 11) is 0. The highest BCUT2D eigenvalue weighted by atomic mass is 16.3. The second-order valence-electron chi connectivity index (χ2n) is 7.73. The van der Waals surface area contributed by atoms with Gasteiger partial charge in [0, 0.05) is 6.92 Å². The molecule has 172 valence electrons. The van der Waals surface area contributed by atoms with Crippen LogP contribution in [0, 0.1) is 5.92 Å². The van der Waals surface area contributed by atoms with Gasteiger partial charge >= 0.3 is 0 Å². The highest BCUT2D eigenvalue weighted by Crippen LogP contribution is 2.26. The number of hydrogen-bond acceptors (Lipinski definition) is 5. The molecule has 3 aromatic carbocycles. The van der Waals surface area contributed by atoms with Crippen molar-refractivity contribution in [2.45, 2.75) is 13.0 Å². The monoisotopic (exact) mass is 455 g/mol. The van der Waals surface area contributed by atoms with Gasteiger partial charge in [-0.25, -0.2) is 0 Å². The zero-order valence-corrected chi connectivity index (χ0v) is 18.6. The fourth-order valence-electron chi connectivity index (χ4n) is 3.53. The molecule has 0 saturated carbocycles. The lowest BCUT2D eigenvalue weighted by Gasteiger charge is -2.24. The van der Waals surface area contributed by atoms with Gasteiger partial charge in [0.05, 0.1) is 6.04 Å². The third-order valence-corrected chi connectivity index (χ3v) is 5.08. The lowest BCUT2D eigenvalue weighted by Crippen LogP contribution is -2.39. The van der Waals surface area contributed by atoms with Crippen LogP contribution in [-0.2, 0) is 14.4 Å². The predicted octanol–water partition coefficient (Wildman–Crippen LogP) is 4.46. The number of ketones is 2. The Hall–Kier alpha value is -4.45. The van der Waals surface area contributed by atoms with E-state index in [0.717, 1.165) is 0 Å². The van der Waals surface area contributed by atoms with Gasteiger partial charge in [-0.3, -0.25) is 14.4 Å². The maximum atomic E-state index is 13.3. The van der Waals surface area contributed by atoms with Crippen molar-refractivity contribution in [3.8, 4) is 11.5 Å². The molecule has 0 aliphatic carbocycles. The molecule has 0 aliphatic rings. The number of benzene rings is 3. The van der Waals surface area contributed by atoms with Gasteiger partial charge in [0.1, 0.15) is 17.4 Å². The number of phenolic OH excluding ortho intramolecular Hbond substituents is 2. The summed E-state index contributed by atoms with van der Waals surface area (Å²) in [5.74, 6) is -2.51. The molecule has 6 heteroatoms. The van der Waals surface area contributed by atoms with Crippen molar-refractivity contribution < 1.29 is 24.6 Å². The molecule has 3 aromatic rings. The van der Waals surface area contributed by atoms with Crippen molar-refractivity contribution in [2.24, 2.45) is 5.92 Å². The largest absolute Gasteiger partial charge is 0.508 e. The van der Waals surface area contributed by atoms with E-state index in [2.05, 4.69) is 5.32 Å². The fourth-order valence-corrected chi connectivity index (χ4v) is 3.53. The normalized spacial score (nSPS) is 13.0. The zero-order chi connectivity index (χ0) is 24.5. The van der Waals surface area contributed by atoms with Crippen molar-refractivity contribution in [1.82, 2.24) is 5.32 Å². The first-order chi connectivity index (χ1) is 16.3. The van der Waals surface area contributed by atoms with Crippen LogP contribution in [0.4, 0.5) is 0 Å². The summed E-state index contributed by atoms with van der Waals surface area (Å²) >= 11 is 0. The summed E-state index contributed by atoms with van der Waals surface area (Å²) in [6.07, 6.45) is 5.57. The zero-order valence-electron chi connectivity index (χ0n) is 18.6.